The second kappa shape index (κ2) is 9.71. The molecule has 3 heterocycles. The number of nitrogens with one attached hydrogen (secondary N) is 1. The van der Waals surface area contributed by atoms with Gasteiger partial charge >= 0.3 is 0 Å². The second-order valence-corrected chi connectivity index (χ2v) is 8.13. The van der Waals surface area contributed by atoms with Gasteiger partial charge in [-0.3, -0.25) is 14.6 Å². The molecule has 1 N–H and O–H groups in total. The van der Waals surface area contributed by atoms with E-state index in [-0.39, 0.29) is 5.91 Å². The number of rotatable bonds is 7. The molecule has 0 aliphatic carbocycles. The zero-order valence-corrected chi connectivity index (χ0v) is 17.4. The van der Waals surface area contributed by atoms with Gasteiger partial charge in [-0.15, -0.1) is 0 Å². The van der Waals surface area contributed by atoms with Crippen LogP contribution in [0.2, 0.25) is 5.02 Å². The minimum atomic E-state index is -0.0153. The largest absolute Gasteiger partial charge is 0.377 e. The number of nitrogens with zero attached hydrogens (tertiary/aromatic N) is 4. The molecule has 2 saturated heterocycles. The zero-order chi connectivity index (χ0) is 20.1. The lowest BCUT2D eigenvalue weighted by Gasteiger charge is -2.35. The fourth-order valence-corrected chi connectivity index (χ4v) is 4.14. The molecule has 2 aromatic rings. The molecule has 0 spiro atoms. The Balaban J connectivity index is 1.24. The predicted molar refractivity (Wildman–Crippen MR) is 113 cm³/mol. The van der Waals surface area contributed by atoms with Crippen molar-refractivity contribution in [3.8, 4) is 0 Å². The summed E-state index contributed by atoms with van der Waals surface area (Å²) in [5, 5.41) is 8.01. The monoisotopic (exact) mass is 417 g/mol. The van der Waals surface area contributed by atoms with E-state index >= 15 is 0 Å². The van der Waals surface area contributed by atoms with Crippen molar-refractivity contribution in [2.75, 3.05) is 51.2 Å². The Hall–Kier alpha value is -1.93. The molecule has 29 heavy (non-hydrogen) atoms. The van der Waals surface area contributed by atoms with Crippen LogP contribution in [0.15, 0.2) is 36.5 Å². The quantitative estimate of drug-likeness (QED) is 0.749. The third kappa shape index (κ3) is 5.57. The van der Waals surface area contributed by atoms with Crippen LogP contribution in [0.1, 0.15) is 18.4 Å². The van der Waals surface area contributed by atoms with Crippen molar-refractivity contribution in [3.05, 3.63) is 47.1 Å². The number of anilines is 1. The lowest BCUT2D eigenvalue weighted by molar-refractivity contribution is -0.117. The van der Waals surface area contributed by atoms with Crippen LogP contribution in [-0.2, 0) is 16.1 Å². The number of ether oxygens (including phenoxy) is 1. The van der Waals surface area contributed by atoms with E-state index in [1.807, 2.05) is 30.3 Å². The van der Waals surface area contributed by atoms with Gasteiger partial charge in [0.25, 0.3) is 0 Å². The van der Waals surface area contributed by atoms with Gasteiger partial charge in [-0.2, -0.15) is 5.10 Å². The van der Waals surface area contributed by atoms with Crippen LogP contribution < -0.4 is 5.32 Å². The number of benzene rings is 1. The van der Waals surface area contributed by atoms with E-state index in [1.54, 1.807) is 10.9 Å². The molecule has 8 heteroatoms. The molecule has 2 aliphatic rings. The van der Waals surface area contributed by atoms with E-state index in [1.165, 1.54) is 12.8 Å². The van der Waals surface area contributed by atoms with Crippen molar-refractivity contribution in [3.63, 3.8) is 0 Å². The lowest BCUT2D eigenvalue weighted by Crippen LogP contribution is -2.50. The van der Waals surface area contributed by atoms with Gasteiger partial charge in [-0.05, 0) is 24.5 Å². The highest BCUT2D eigenvalue weighted by Crippen LogP contribution is 2.18. The maximum absolute atomic E-state index is 12.6. The van der Waals surface area contributed by atoms with Gasteiger partial charge in [0.05, 0.1) is 25.4 Å². The van der Waals surface area contributed by atoms with Crippen LogP contribution in [0.5, 0.6) is 0 Å². The summed E-state index contributed by atoms with van der Waals surface area (Å²) < 4.78 is 7.49. The maximum Gasteiger partial charge on any atom is 0.239 e. The molecule has 2 fully saturated rings. The van der Waals surface area contributed by atoms with Crippen LogP contribution in [0, 0.1) is 0 Å². The Kier molecular flexibility index (Phi) is 6.82. The highest BCUT2D eigenvalue weighted by Gasteiger charge is 2.23. The van der Waals surface area contributed by atoms with E-state index < -0.39 is 0 Å². The summed E-state index contributed by atoms with van der Waals surface area (Å²) in [7, 11) is 0. The summed E-state index contributed by atoms with van der Waals surface area (Å²) in [5.74, 6) is 0.672. The first-order chi connectivity index (χ1) is 14.2. The Morgan fingerprint density at radius 1 is 1.17 bits per heavy atom. The zero-order valence-electron chi connectivity index (χ0n) is 16.6. The summed E-state index contributed by atoms with van der Waals surface area (Å²) in [4.78, 5) is 17.2. The minimum Gasteiger partial charge on any atom is -0.377 e. The van der Waals surface area contributed by atoms with Crippen LogP contribution in [0.3, 0.4) is 0 Å². The average molecular weight is 418 g/mol. The highest BCUT2D eigenvalue weighted by molar-refractivity contribution is 6.31. The van der Waals surface area contributed by atoms with Crippen LogP contribution in [0.25, 0.3) is 0 Å². The molecule has 1 unspecified atom stereocenters. The molecule has 2 aliphatic heterocycles. The van der Waals surface area contributed by atoms with E-state index in [0.29, 0.717) is 30.0 Å². The molecular formula is C21H28ClN5O2. The highest BCUT2D eigenvalue weighted by atomic mass is 35.5. The van der Waals surface area contributed by atoms with Crippen molar-refractivity contribution in [2.45, 2.75) is 25.5 Å². The number of amides is 1. The SMILES string of the molecule is O=C(CN1CCN(CC2CCCO2)CC1)Nc1ccnn1Cc1ccccc1Cl. The Morgan fingerprint density at radius 3 is 2.72 bits per heavy atom. The van der Waals surface area contributed by atoms with Crippen LogP contribution >= 0.6 is 11.6 Å². The molecule has 0 radical (unpaired) electrons. The standard InChI is InChI=1S/C21H28ClN5O2/c22-19-6-2-1-4-17(19)14-27-20(7-8-23-27)24-21(28)16-26-11-9-25(10-12-26)15-18-5-3-13-29-18/h1-2,4,6-8,18H,3,5,9-16H2,(H,24,28). The molecule has 0 bridgehead atoms. The smallest absolute Gasteiger partial charge is 0.239 e. The minimum absolute atomic E-state index is 0.0153. The number of carbonyl (C=O) groups is 1. The van der Waals surface area contributed by atoms with Crippen LogP contribution in [0.4, 0.5) is 5.82 Å². The van der Waals surface area contributed by atoms with E-state index in [2.05, 4.69) is 20.2 Å². The molecule has 1 atom stereocenters. The first kappa shape index (κ1) is 20.3. The number of aromatic nitrogens is 2. The van der Waals surface area contributed by atoms with Gasteiger partial charge in [0.1, 0.15) is 5.82 Å². The number of piperazine rings is 1. The first-order valence-electron chi connectivity index (χ1n) is 10.3. The number of hydrogen-bond donors (Lipinski definition) is 1. The van der Waals surface area contributed by atoms with Crippen molar-refractivity contribution in [2.24, 2.45) is 0 Å². The van der Waals surface area contributed by atoms with Gasteiger partial charge in [0.15, 0.2) is 0 Å². The van der Waals surface area contributed by atoms with Crippen molar-refractivity contribution < 1.29 is 9.53 Å². The maximum atomic E-state index is 12.6. The third-order valence-corrected chi connectivity index (χ3v) is 5.95. The average Bonchev–Trinajstić information content (AvgIpc) is 3.38. The normalized spacial score (nSPS) is 20.8. The Labute approximate surface area is 176 Å². The Morgan fingerprint density at radius 2 is 1.97 bits per heavy atom. The summed E-state index contributed by atoms with van der Waals surface area (Å²) in [6.07, 6.45) is 4.43. The topological polar surface area (TPSA) is 62.6 Å². The number of hydrogen-bond acceptors (Lipinski definition) is 5. The molecule has 1 aromatic heterocycles. The van der Waals surface area contributed by atoms with Gasteiger partial charge in [-0.1, -0.05) is 29.8 Å². The fourth-order valence-electron chi connectivity index (χ4n) is 3.94. The molecule has 156 valence electrons. The van der Waals surface area contributed by atoms with Gasteiger partial charge < -0.3 is 10.1 Å². The molecular weight excluding hydrogens is 390 g/mol. The van der Waals surface area contributed by atoms with Gasteiger partial charge in [0.2, 0.25) is 5.91 Å². The molecule has 4 rings (SSSR count). The van der Waals surface area contributed by atoms with E-state index in [9.17, 15) is 4.79 Å². The lowest BCUT2D eigenvalue weighted by atomic mass is 10.2. The number of carbonyl (C=O) groups excluding carboxylic acids is 1. The molecule has 1 amide bonds. The van der Waals surface area contributed by atoms with Crippen molar-refractivity contribution in [1.82, 2.24) is 19.6 Å². The molecule has 1 aromatic carbocycles. The van der Waals surface area contributed by atoms with Gasteiger partial charge in [0, 0.05) is 50.4 Å². The molecule has 0 saturated carbocycles. The molecule has 7 nitrogen and oxygen atoms in total. The Bertz CT molecular complexity index is 813. The predicted octanol–water partition coefficient (Wildman–Crippen LogP) is 2.32. The fraction of sp³-hybridized carbons (Fsp3) is 0.524. The summed E-state index contributed by atoms with van der Waals surface area (Å²) in [6, 6.07) is 9.48. The van der Waals surface area contributed by atoms with E-state index in [0.717, 1.165) is 44.9 Å². The van der Waals surface area contributed by atoms with E-state index in [4.69, 9.17) is 16.3 Å². The summed E-state index contributed by atoms with van der Waals surface area (Å²) >= 11 is 6.25. The first-order valence-corrected chi connectivity index (χ1v) is 10.7. The van der Waals surface area contributed by atoms with Crippen molar-refractivity contribution in [1.29, 1.82) is 0 Å². The van der Waals surface area contributed by atoms with Gasteiger partial charge in [-0.25, -0.2) is 4.68 Å². The number of halogens is 1. The summed E-state index contributed by atoms with van der Waals surface area (Å²) in [6.45, 7) is 6.60. The second-order valence-electron chi connectivity index (χ2n) is 7.73. The third-order valence-electron chi connectivity index (χ3n) is 5.58. The van der Waals surface area contributed by atoms with Crippen molar-refractivity contribution >= 4 is 23.3 Å². The summed E-state index contributed by atoms with van der Waals surface area (Å²) in [5.41, 5.74) is 0.968. The van der Waals surface area contributed by atoms with Crippen LogP contribution in [-0.4, -0.2) is 77.5 Å².